The molecule has 1 fully saturated rings. The monoisotopic (exact) mass is 691 g/mol. The number of nitrogens with one attached hydrogen (secondary N) is 1. The highest BCUT2D eigenvalue weighted by molar-refractivity contribution is 7.92. The summed E-state index contributed by atoms with van der Waals surface area (Å²) >= 11 is 12.9. The Balaban J connectivity index is 1.58. The number of benzene rings is 4. The quantitative estimate of drug-likeness (QED) is 0.166. The second-order valence-corrected chi connectivity index (χ2v) is 14.7. The third-order valence-electron chi connectivity index (χ3n) is 8.48. The molecule has 0 saturated heterocycles. The molecule has 1 aliphatic carbocycles. The average Bonchev–Trinajstić information content (AvgIpc) is 3.08. The molecule has 1 atom stereocenters. The molecule has 2 amide bonds. The van der Waals surface area contributed by atoms with Crippen LogP contribution in [0.4, 0.5) is 5.69 Å². The van der Waals surface area contributed by atoms with Gasteiger partial charge >= 0.3 is 0 Å². The van der Waals surface area contributed by atoms with E-state index in [4.69, 9.17) is 23.2 Å². The Labute approximate surface area is 287 Å². The lowest BCUT2D eigenvalue weighted by atomic mass is 9.94. The summed E-state index contributed by atoms with van der Waals surface area (Å²) in [6, 6.07) is 28.7. The van der Waals surface area contributed by atoms with Gasteiger partial charge in [-0.25, -0.2) is 8.42 Å². The van der Waals surface area contributed by atoms with Crippen molar-refractivity contribution < 1.29 is 18.0 Å². The highest BCUT2D eigenvalue weighted by Crippen LogP contribution is 2.33. The third kappa shape index (κ3) is 8.95. The summed E-state index contributed by atoms with van der Waals surface area (Å²) in [5.41, 5.74) is 2.81. The predicted molar refractivity (Wildman–Crippen MR) is 188 cm³/mol. The van der Waals surface area contributed by atoms with E-state index in [1.807, 2.05) is 61.5 Å². The van der Waals surface area contributed by atoms with Crippen molar-refractivity contribution in [2.75, 3.05) is 10.8 Å². The number of anilines is 1. The Morgan fingerprint density at radius 3 is 2.13 bits per heavy atom. The van der Waals surface area contributed by atoms with E-state index < -0.39 is 28.5 Å². The standard InChI is InChI=1S/C37H39Cl2N3O4S/c1-27-17-19-29(20-18-27)25-41(35(23-28-11-5-2-6-12-28)37(44)40-31-13-7-3-8-14-31)36(43)26-42(34-24-30(38)21-22-33(34)39)47(45,46)32-15-9-4-10-16-32/h2,4-6,9-12,15-22,24,31,35H,3,7-8,13-14,23,25-26H2,1H3,(H,40,44). The largest absolute Gasteiger partial charge is 0.352 e. The van der Waals surface area contributed by atoms with E-state index in [9.17, 15) is 18.0 Å². The molecule has 4 aromatic rings. The summed E-state index contributed by atoms with van der Waals surface area (Å²) in [7, 11) is -4.29. The maximum atomic E-state index is 14.7. The molecule has 0 heterocycles. The van der Waals surface area contributed by atoms with Crippen molar-refractivity contribution in [3.8, 4) is 0 Å². The fraction of sp³-hybridized carbons (Fsp3) is 0.297. The summed E-state index contributed by atoms with van der Waals surface area (Å²) in [5.74, 6) is -0.819. The van der Waals surface area contributed by atoms with Crippen LogP contribution in [0.1, 0.15) is 48.8 Å². The second kappa shape index (κ2) is 15.8. The lowest BCUT2D eigenvalue weighted by Crippen LogP contribution is -2.55. The van der Waals surface area contributed by atoms with Crippen LogP contribution < -0.4 is 9.62 Å². The van der Waals surface area contributed by atoms with Crippen molar-refractivity contribution >= 4 is 50.7 Å². The average molecular weight is 693 g/mol. The second-order valence-electron chi connectivity index (χ2n) is 12.0. The van der Waals surface area contributed by atoms with Crippen LogP contribution in [0.5, 0.6) is 0 Å². The Bertz CT molecular complexity index is 1760. The van der Waals surface area contributed by atoms with Crippen molar-refractivity contribution in [1.82, 2.24) is 10.2 Å². The number of halogens is 2. The minimum atomic E-state index is -4.29. The highest BCUT2D eigenvalue weighted by Gasteiger charge is 2.36. The van der Waals surface area contributed by atoms with Crippen LogP contribution in [0.3, 0.4) is 0 Å². The van der Waals surface area contributed by atoms with Crippen LogP contribution in [0.15, 0.2) is 108 Å². The molecule has 1 aliphatic rings. The van der Waals surface area contributed by atoms with Gasteiger partial charge in [-0.1, -0.05) is 121 Å². The Morgan fingerprint density at radius 2 is 1.47 bits per heavy atom. The zero-order chi connectivity index (χ0) is 33.4. The Hall–Kier alpha value is -3.85. The van der Waals surface area contributed by atoms with Gasteiger partial charge in [-0.3, -0.25) is 13.9 Å². The van der Waals surface area contributed by atoms with E-state index in [2.05, 4.69) is 5.32 Å². The summed E-state index contributed by atoms with van der Waals surface area (Å²) in [6.07, 6.45) is 5.22. The maximum absolute atomic E-state index is 14.7. The van der Waals surface area contributed by atoms with Crippen LogP contribution in [-0.2, 0) is 32.6 Å². The van der Waals surface area contributed by atoms with Crippen LogP contribution in [0.25, 0.3) is 0 Å². The van der Waals surface area contributed by atoms with Gasteiger partial charge < -0.3 is 10.2 Å². The SMILES string of the molecule is Cc1ccc(CN(C(=O)CN(c2cc(Cl)ccc2Cl)S(=O)(=O)c2ccccc2)C(Cc2ccccc2)C(=O)NC2CCCCC2)cc1. The third-order valence-corrected chi connectivity index (χ3v) is 10.8. The number of hydrogen-bond donors (Lipinski definition) is 1. The zero-order valence-corrected chi connectivity index (χ0v) is 28.6. The molecule has 246 valence electrons. The maximum Gasteiger partial charge on any atom is 0.264 e. The molecule has 1 unspecified atom stereocenters. The highest BCUT2D eigenvalue weighted by atomic mass is 35.5. The molecule has 0 radical (unpaired) electrons. The zero-order valence-electron chi connectivity index (χ0n) is 26.3. The molecule has 0 bridgehead atoms. The normalized spacial score (nSPS) is 14.3. The van der Waals surface area contributed by atoms with Crippen LogP contribution in [0, 0.1) is 6.92 Å². The predicted octanol–water partition coefficient (Wildman–Crippen LogP) is 7.59. The van der Waals surface area contributed by atoms with Crippen molar-refractivity contribution in [3.05, 3.63) is 130 Å². The number of rotatable bonds is 12. The Kier molecular flexibility index (Phi) is 11.6. The summed E-state index contributed by atoms with van der Waals surface area (Å²) in [4.78, 5) is 30.4. The molecule has 7 nitrogen and oxygen atoms in total. The van der Waals surface area contributed by atoms with Crippen LogP contribution >= 0.6 is 23.2 Å². The van der Waals surface area contributed by atoms with E-state index in [1.54, 1.807) is 24.3 Å². The van der Waals surface area contributed by atoms with Gasteiger partial charge in [-0.15, -0.1) is 0 Å². The van der Waals surface area contributed by atoms with Crippen LogP contribution in [0.2, 0.25) is 10.0 Å². The van der Waals surface area contributed by atoms with Crippen molar-refractivity contribution in [3.63, 3.8) is 0 Å². The van der Waals surface area contributed by atoms with Crippen molar-refractivity contribution in [2.45, 2.75) is 69.0 Å². The number of sulfonamides is 1. The van der Waals surface area contributed by atoms with Gasteiger partial charge in [0.1, 0.15) is 12.6 Å². The summed E-state index contributed by atoms with van der Waals surface area (Å²) < 4.78 is 29.3. The van der Waals surface area contributed by atoms with Gasteiger partial charge in [0.25, 0.3) is 10.0 Å². The van der Waals surface area contributed by atoms with Crippen molar-refractivity contribution in [1.29, 1.82) is 0 Å². The number of carbonyl (C=O) groups is 2. The van der Waals surface area contributed by atoms with Gasteiger partial charge in [0.05, 0.1) is 15.6 Å². The number of hydrogen-bond acceptors (Lipinski definition) is 4. The minimum Gasteiger partial charge on any atom is -0.352 e. The number of amides is 2. The van der Waals surface area contributed by atoms with E-state index in [0.717, 1.165) is 53.1 Å². The van der Waals surface area contributed by atoms with Crippen LogP contribution in [-0.4, -0.2) is 43.8 Å². The first-order valence-electron chi connectivity index (χ1n) is 15.8. The first-order chi connectivity index (χ1) is 22.6. The molecular formula is C37H39Cl2N3O4S. The lowest BCUT2D eigenvalue weighted by molar-refractivity contribution is -0.140. The molecule has 4 aromatic carbocycles. The van der Waals surface area contributed by atoms with E-state index in [1.165, 1.54) is 29.2 Å². The smallest absolute Gasteiger partial charge is 0.264 e. The van der Waals surface area contributed by atoms with E-state index in [0.29, 0.717) is 0 Å². The minimum absolute atomic E-state index is 0.00944. The first kappa shape index (κ1) is 34.5. The number of carbonyl (C=O) groups excluding carboxylic acids is 2. The summed E-state index contributed by atoms with van der Waals surface area (Å²) in [5, 5.41) is 3.60. The molecular weight excluding hydrogens is 653 g/mol. The van der Waals surface area contributed by atoms with Gasteiger partial charge in [0.2, 0.25) is 11.8 Å². The van der Waals surface area contributed by atoms with E-state index >= 15 is 0 Å². The number of nitrogens with zero attached hydrogens (tertiary/aromatic N) is 2. The molecule has 0 aliphatic heterocycles. The van der Waals surface area contributed by atoms with Gasteiger partial charge in [-0.05, 0) is 61.2 Å². The molecule has 5 rings (SSSR count). The van der Waals surface area contributed by atoms with Gasteiger partial charge in [0.15, 0.2) is 0 Å². The van der Waals surface area contributed by atoms with E-state index in [-0.39, 0.29) is 45.5 Å². The van der Waals surface area contributed by atoms with Crippen molar-refractivity contribution in [2.24, 2.45) is 0 Å². The Morgan fingerprint density at radius 1 is 0.830 bits per heavy atom. The molecule has 0 spiro atoms. The fourth-order valence-corrected chi connectivity index (χ4v) is 7.78. The molecule has 0 aromatic heterocycles. The topological polar surface area (TPSA) is 86.8 Å². The van der Waals surface area contributed by atoms with Gasteiger partial charge in [-0.2, -0.15) is 0 Å². The first-order valence-corrected chi connectivity index (χ1v) is 18.0. The fourth-order valence-electron chi connectivity index (χ4n) is 5.90. The summed E-state index contributed by atoms with van der Waals surface area (Å²) in [6.45, 7) is 1.46. The molecule has 1 saturated carbocycles. The molecule has 1 N–H and O–H groups in total. The van der Waals surface area contributed by atoms with Gasteiger partial charge in [0, 0.05) is 24.0 Å². The lowest BCUT2D eigenvalue weighted by Gasteiger charge is -2.35. The molecule has 10 heteroatoms. The molecule has 47 heavy (non-hydrogen) atoms. The number of aryl methyl sites for hydroxylation is 1.